The van der Waals surface area contributed by atoms with Crippen LogP contribution in [-0.4, -0.2) is 30.2 Å². The van der Waals surface area contributed by atoms with Crippen LogP contribution in [0.5, 0.6) is 5.75 Å². The molecule has 0 bridgehead atoms. The van der Waals surface area contributed by atoms with E-state index in [9.17, 15) is 9.90 Å². The van der Waals surface area contributed by atoms with Crippen molar-refractivity contribution in [1.82, 2.24) is 9.47 Å². The van der Waals surface area contributed by atoms with Crippen molar-refractivity contribution in [3.05, 3.63) is 70.4 Å². The number of hydrogen-bond acceptors (Lipinski definition) is 4. The Kier molecular flexibility index (Phi) is 4.94. The first kappa shape index (κ1) is 19.6. The number of halogens is 1. The zero-order valence-electron chi connectivity index (χ0n) is 16.3. The molecule has 0 radical (unpaired) electrons. The van der Waals surface area contributed by atoms with Crippen LogP contribution >= 0.6 is 22.9 Å². The van der Waals surface area contributed by atoms with Crippen LogP contribution in [0.3, 0.4) is 0 Å². The normalized spacial score (nSPS) is 17.7. The van der Waals surface area contributed by atoms with Crippen LogP contribution in [-0.2, 0) is 6.54 Å². The van der Waals surface area contributed by atoms with Gasteiger partial charge in [-0.1, -0.05) is 23.7 Å². The van der Waals surface area contributed by atoms with Gasteiger partial charge in [-0.3, -0.25) is 4.48 Å². The Hall–Kier alpha value is -2.67. The minimum absolute atomic E-state index is 0.265. The molecule has 1 N–H and O–H groups in total. The molecule has 0 saturated carbocycles. The monoisotopic (exact) mass is 427 g/mol. The van der Waals surface area contributed by atoms with Crippen LogP contribution in [0.15, 0.2) is 48.7 Å². The molecule has 148 valence electrons. The highest BCUT2D eigenvalue weighted by atomic mass is 35.5. The fourth-order valence-electron chi connectivity index (χ4n) is 3.69. The lowest BCUT2D eigenvalue weighted by Gasteiger charge is -2.27. The van der Waals surface area contributed by atoms with Crippen molar-refractivity contribution in [1.29, 1.82) is 0 Å². The van der Waals surface area contributed by atoms with E-state index in [-0.39, 0.29) is 4.88 Å². The van der Waals surface area contributed by atoms with Gasteiger partial charge in [0.1, 0.15) is 39.1 Å². The maximum atomic E-state index is 11.3. The smallest absolute Gasteiger partial charge is 0.347 e. The van der Waals surface area contributed by atoms with E-state index in [1.807, 2.05) is 42.6 Å². The van der Waals surface area contributed by atoms with Crippen molar-refractivity contribution >= 4 is 39.6 Å². The molecule has 3 aromatic rings. The Labute approximate surface area is 178 Å². The average molecular weight is 428 g/mol. The predicted molar refractivity (Wildman–Crippen MR) is 117 cm³/mol. The molecule has 0 fully saturated rings. The number of carboxylic acids is 1. The third-order valence-corrected chi connectivity index (χ3v) is 6.58. The molecule has 1 aliphatic rings. The molecule has 2 heterocycles. The van der Waals surface area contributed by atoms with Gasteiger partial charge in [0, 0.05) is 17.2 Å². The summed E-state index contributed by atoms with van der Waals surface area (Å²) in [5, 5.41) is 10.7. The van der Waals surface area contributed by atoms with E-state index in [1.54, 1.807) is 14.0 Å². The third-order valence-electron chi connectivity index (χ3n) is 5.09. The summed E-state index contributed by atoms with van der Waals surface area (Å²) in [5.41, 5.74) is 4.57. The van der Waals surface area contributed by atoms with Crippen molar-refractivity contribution in [2.45, 2.75) is 13.5 Å². The molecule has 29 heavy (non-hydrogen) atoms. The lowest BCUT2D eigenvalue weighted by Crippen LogP contribution is -2.36. The average Bonchev–Trinajstić information content (AvgIpc) is 3.19. The van der Waals surface area contributed by atoms with Crippen LogP contribution in [0.1, 0.15) is 26.5 Å². The van der Waals surface area contributed by atoms with Crippen LogP contribution in [0.2, 0.25) is 0 Å². The number of quaternary nitrogens is 1. The second-order valence-electron chi connectivity index (χ2n) is 7.23. The van der Waals surface area contributed by atoms with Crippen molar-refractivity contribution in [3.63, 3.8) is 0 Å². The molecule has 0 aliphatic carbocycles. The van der Waals surface area contributed by atoms with Gasteiger partial charge in [-0.2, -0.15) is 0 Å². The zero-order valence-corrected chi connectivity index (χ0v) is 17.8. The number of benzene rings is 2. The Morgan fingerprint density at radius 1 is 1.28 bits per heavy atom. The van der Waals surface area contributed by atoms with Crippen LogP contribution in [0.4, 0.5) is 5.69 Å². The first-order chi connectivity index (χ1) is 13.8. The fraction of sp³-hybridized carbons (Fsp3) is 0.182. The van der Waals surface area contributed by atoms with Crippen molar-refractivity contribution < 1.29 is 14.6 Å². The zero-order chi connectivity index (χ0) is 20.8. The van der Waals surface area contributed by atoms with E-state index in [1.165, 1.54) is 11.3 Å². The number of methoxy groups -OCH3 is 1. The van der Waals surface area contributed by atoms with Gasteiger partial charge < -0.3 is 9.84 Å². The van der Waals surface area contributed by atoms with E-state index < -0.39 is 5.97 Å². The topological polar surface area (TPSA) is 59.4 Å². The second kappa shape index (κ2) is 7.30. The summed E-state index contributed by atoms with van der Waals surface area (Å²) in [6.45, 7) is 2.45. The molecule has 0 amide bonds. The molecule has 0 spiro atoms. The van der Waals surface area contributed by atoms with Crippen LogP contribution in [0.25, 0.3) is 15.6 Å². The Balaban J connectivity index is 1.70. The second-order valence-corrected chi connectivity index (χ2v) is 8.63. The number of aromatic nitrogens is 1. The summed E-state index contributed by atoms with van der Waals surface area (Å²) in [7, 11) is 3.78. The summed E-state index contributed by atoms with van der Waals surface area (Å²) in [6, 6.07) is 14.0. The first-order valence-electron chi connectivity index (χ1n) is 9.03. The van der Waals surface area contributed by atoms with Gasteiger partial charge in [0.25, 0.3) is 0 Å². The molecule has 0 saturated heterocycles. The van der Waals surface area contributed by atoms with E-state index >= 15 is 0 Å². The first-order valence-corrected chi connectivity index (χ1v) is 10.2. The molecule has 1 aliphatic heterocycles. The Morgan fingerprint density at radius 3 is 2.76 bits per heavy atom. The summed E-state index contributed by atoms with van der Waals surface area (Å²) >= 11 is 7.79. The summed E-state index contributed by atoms with van der Waals surface area (Å²) in [4.78, 5) is 16.0. The van der Waals surface area contributed by atoms with E-state index in [2.05, 4.69) is 18.1 Å². The Bertz CT molecular complexity index is 1150. The molecule has 1 atom stereocenters. The van der Waals surface area contributed by atoms with E-state index in [0.717, 1.165) is 34.7 Å². The molecule has 5 nitrogen and oxygen atoms in total. The summed E-state index contributed by atoms with van der Waals surface area (Å²) in [6.07, 6.45) is 2.03. The minimum Gasteiger partial charge on any atom is -0.497 e. The van der Waals surface area contributed by atoms with Gasteiger partial charge in [-0.05, 0) is 31.2 Å². The maximum absolute atomic E-state index is 11.3. The molecular weight excluding hydrogens is 408 g/mol. The van der Waals surface area contributed by atoms with Gasteiger partial charge in [-0.25, -0.2) is 9.78 Å². The summed E-state index contributed by atoms with van der Waals surface area (Å²) in [5.74, 6) is -0.125. The molecule has 2 aromatic carbocycles. The van der Waals surface area contributed by atoms with Gasteiger partial charge in [0.05, 0.1) is 25.4 Å². The predicted octanol–water partition coefficient (Wildman–Crippen LogP) is 5.51. The van der Waals surface area contributed by atoms with Crippen molar-refractivity contribution in [2.75, 3.05) is 14.2 Å². The highest BCUT2D eigenvalue weighted by Crippen LogP contribution is 2.44. The molecule has 7 heteroatoms. The number of ether oxygens (including phenoxy) is 1. The number of carboxylic acid groups (broad SMARTS) is 1. The molecule has 1 aromatic heterocycles. The number of hydrogen-bond donors (Lipinski definition) is 1. The maximum Gasteiger partial charge on any atom is 0.347 e. The van der Waals surface area contributed by atoms with Gasteiger partial charge >= 0.3 is 5.97 Å². The number of carbonyl (C=O) groups is 1. The summed E-state index contributed by atoms with van der Waals surface area (Å²) < 4.78 is 5.88. The SMILES string of the molecule is COc1cccc(C[N+]2(C)C=C(Cl)c3cc(-c4nc(C)c(C(=O)O)s4)ccc32)c1. The number of fused-ring (bicyclic) bond motifs is 1. The van der Waals surface area contributed by atoms with Gasteiger partial charge in [0.2, 0.25) is 0 Å². The molecule has 4 rings (SSSR count). The highest BCUT2D eigenvalue weighted by Gasteiger charge is 2.35. The van der Waals surface area contributed by atoms with E-state index in [4.69, 9.17) is 16.3 Å². The third kappa shape index (κ3) is 3.55. The quantitative estimate of drug-likeness (QED) is 0.545. The fourth-order valence-corrected chi connectivity index (χ4v) is 4.96. The Morgan fingerprint density at radius 2 is 2.07 bits per heavy atom. The van der Waals surface area contributed by atoms with Crippen LogP contribution in [0, 0.1) is 6.92 Å². The largest absolute Gasteiger partial charge is 0.497 e. The van der Waals surface area contributed by atoms with Gasteiger partial charge in [0.15, 0.2) is 0 Å². The number of nitrogens with zero attached hydrogens (tertiary/aromatic N) is 2. The number of aromatic carboxylic acids is 1. The number of rotatable bonds is 5. The highest BCUT2D eigenvalue weighted by molar-refractivity contribution is 7.17. The van der Waals surface area contributed by atoms with Crippen molar-refractivity contribution in [2.24, 2.45) is 0 Å². The lowest BCUT2D eigenvalue weighted by atomic mass is 10.1. The number of thiazole rings is 1. The molecular formula is C22H20ClN2O3S+. The number of aryl methyl sites for hydroxylation is 1. The van der Waals surface area contributed by atoms with Crippen molar-refractivity contribution in [3.8, 4) is 16.3 Å². The standard InChI is InChI=1S/C22H19ClN2O3S/c1-13-20(22(26)27)29-21(24-13)15-7-8-19-17(10-15)18(23)12-25(19,2)11-14-5-4-6-16(9-14)28-3/h4-10,12H,11H2,1-3H3/p+1. The minimum atomic E-state index is -0.951. The molecule has 1 unspecified atom stereocenters. The van der Waals surface area contributed by atoms with E-state index in [0.29, 0.717) is 20.2 Å². The van der Waals surface area contributed by atoms with Gasteiger partial charge in [-0.15, -0.1) is 11.3 Å². The van der Waals surface area contributed by atoms with Crippen LogP contribution < -0.4 is 9.22 Å². The lowest BCUT2D eigenvalue weighted by molar-refractivity contribution is 0.0701.